The molecule has 4 N–H and O–H groups in total. The van der Waals surface area contributed by atoms with Gasteiger partial charge in [0.1, 0.15) is 22.5 Å². The maximum atomic E-state index is 14.0. The molecular weight excluding hydrogens is 405 g/mol. The topological polar surface area (TPSA) is 94.1 Å². The highest BCUT2D eigenvalue weighted by Gasteiger charge is 2.22. The van der Waals surface area contributed by atoms with Crippen LogP contribution in [0.4, 0.5) is 14.6 Å². The second kappa shape index (κ2) is 8.29. The Labute approximate surface area is 167 Å². The predicted molar refractivity (Wildman–Crippen MR) is 111 cm³/mol. The standard InChI is InChI=1S/C18H21F2N4O2PS/c1-7(18(25)26)8(2)22-16-14(27)17(28-3)24-15(23-16)11-6-21-13-10(11)4-9(19)5-12(13)20/h4-8,18,21,25-26H,27H2,1-3H3,(H,22,23,24). The van der Waals surface area contributed by atoms with Crippen LogP contribution in [0.2, 0.25) is 0 Å². The fourth-order valence-corrected chi connectivity index (χ4v) is 3.84. The van der Waals surface area contributed by atoms with Crippen LogP contribution in [0.15, 0.2) is 23.4 Å². The van der Waals surface area contributed by atoms with E-state index in [1.165, 1.54) is 17.8 Å². The number of fused-ring (bicyclic) bond motifs is 1. The van der Waals surface area contributed by atoms with Gasteiger partial charge in [0.15, 0.2) is 12.1 Å². The number of benzene rings is 1. The van der Waals surface area contributed by atoms with Crippen LogP contribution in [0, 0.1) is 17.6 Å². The van der Waals surface area contributed by atoms with Gasteiger partial charge in [-0.25, -0.2) is 18.7 Å². The van der Waals surface area contributed by atoms with Crippen molar-refractivity contribution in [2.45, 2.75) is 31.2 Å². The average Bonchev–Trinajstić information content (AvgIpc) is 3.06. The van der Waals surface area contributed by atoms with Crippen molar-refractivity contribution in [1.29, 1.82) is 0 Å². The van der Waals surface area contributed by atoms with E-state index in [1.807, 2.05) is 13.2 Å². The predicted octanol–water partition coefficient (Wildman–Crippen LogP) is 2.87. The van der Waals surface area contributed by atoms with Crippen molar-refractivity contribution in [3.63, 3.8) is 0 Å². The minimum Gasteiger partial charge on any atom is -0.368 e. The molecule has 0 fully saturated rings. The van der Waals surface area contributed by atoms with Crippen LogP contribution in [-0.2, 0) is 0 Å². The number of H-pyrrole nitrogens is 1. The highest BCUT2D eigenvalue weighted by Crippen LogP contribution is 2.31. The fraction of sp³-hybridized carbons (Fsp3) is 0.333. The molecule has 0 spiro atoms. The molecule has 3 unspecified atom stereocenters. The molecule has 0 amide bonds. The zero-order valence-electron chi connectivity index (χ0n) is 15.5. The summed E-state index contributed by atoms with van der Waals surface area (Å²) in [5, 5.41) is 23.7. The number of aliphatic hydroxyl groups is 2. The van der Waals surface area contributed by atoms with E-state index in [1.54, 1.807) is 13.1 Å². The van der Waals surface area contributed by atoms with E-state index in [2.05, 4.69) is 29.5 Å². The summed E-state index contributed by atoms with van der Waals surface area (Å²) in [5.41, 5.74) is 0.653. The zero-order chi connectivity index (χ0) is 20.6. The first-order valence-electron chi connectivity index (χ1n) is 8.53. The van der Waals surface area contributed by atoms with E-state index in [4.69, 9.17) is 0 Å². The van der Waals surface area contributed by atoms with Gasteiger partial charge in [0.2, 0.25) is 0 Å². The van der Waals surface area contributed by atoms with E-state index in [0.717, 1.165) is 11.4 Å². The van der Waals surface area contributed by atoms with Gasteiger partial charge >= 0.3 is 0 Å². The third-order valence-corrected chi connectivity index (χ3v) is 6.13. The summed E-state index contributed by atoms with van der Waals surface area (Å²) in [4.78, 5) is 11.9. The van der Waals surface area contributed by atoms with Gasteiger partial charge in [0.05, 0.1) is 5.52 Å². The Morgan fingerprint density at radius 2 is 1.93 bits per heavy atom. The molecule has 3 rings (SSSR count). The number of thioether (sulfide) groups is 1. The number of hydrogen-bond acceptors (Lipinski definition) is 6. The number of hydrogen-bond donors (Lipinski definition) is 4. The van der Waals surface area contributed by atoms with Gasteiger partial charge in [-0.15, -0.1) is 11.8 Å². The molecule has 10 heteroatoms. The number of halogens is 2. The second-order valence-electron chi connectivity index (χ2n) is 6.54. The van der Waals surface area contributed by atoms with Gasteiger partial charge < -0.3 is 20.5 Å². The van der Waals surface area contributed by atoms with E-state index < -0.39 is 23.8 Å². The van der Waals surface area contributed by atoms with Crippen molar-refractivity contribution in [3.8, 4) is 11.4 Å². The Morgan fingerprint density at radius 3 is 2.57 bits per heavy atom. The summed E-state index contributed by atoms with van der Waals surface area (Å²) in [6.07, 6.45) is 1.93. The van der Waals surface area contributed by atoms with Crippen LogP contribution in [0.3, 0.4) is 0 Å². The lowest BCUT2D eigenvalue weighted by atomic mass is 10.0. The third-order valence-electron chi connectivity index (χ3n) is 4.67. The Bertz CT molecular complexity index is 1010. The van der Waals surface area contributed by atoms with Crippen molar-refractivity contribution < 1.29 is 19.0 Å². The highest BCUT2D eigenvalue weighted by molar-refractivity contribution is 7.98. The average molecular weight is 426 g/mol. The normalized spacial score (nSPS) is 13.9. The molecule has 3 atom stereocenters. The molecule has 28 heavy (non-hydrogen) atoms. The van der Waals surface area contributed by atoms with Crippen LogP contribution in [-0.4, -0.2) is 43.8 Å². The van der Waals surface area contributed by atoms with Crippen molar-refractivity contribution in [1.82, 2.24) is 15.0 Å². The lowest BCUT2D eigenvalue weighted by Gasteiger charge is -2.24. The number of anilines is 1. The van der Waals surface area contributed by atoms with E-state index >= 15 is 0 Å². The molecule has 6 nitrogen and oxygen atoms in total. The Hall–Kier alpha value is -1.80. The minimum absolute atomic E-state index is 0.181. The van der Waals surface area contributed by atoms with Crippen molar-refractivity contribution >= 4 is 43.0 Å². The molecule has 0 saturated carbocycles. The number of aromatic amines is 1. The van der Waals surface area contributed by atoms with Gasteiger partial charge in [0, 0.05) is 40.5 Å². The Balaban J connectivity index is 2.10. The Kier molecular flexibility index (Phi) is 6.19. The molecule has 2 heterocycles. The second-order valence-corrected chi connectivity index (χ2v) is 7.91. The molecule has 150 valence electrons. The van der Waals surface area contributed by atoms with Crippen molar-refractivity contribution in [2.75, 3.05) is 11.6 Å². The molecule has 2 aromatic heterocycles. The third kappa shape index (κ3) is 3.98. The first-order valence-corrected chi connectivity index (χ1v) is 10.3. The summed E-state index contributed by atoms with van der Waals surface area (Å²) in [5.74, 6) is -1.02. The quantitative estimate of drug-likeness (QED) is 0.210. The molecule has 1 aromatic carbocycles. The van der Waals surface area contributed by atoms with E-state index in [-0.39, 0.29) is 11.6 Å². The van der Waals surface area contributed by atoms with Crippen molar-refractivity contribution in [2.24, 2.45) is 5.92 Å². The maximum absolute atomic E-state index is 14.0. The van der Waals surface area contributed by atoms with Crippen LogP contribution in [0.25, 0.3) is 22.3 Å². The lowest BCUT2D eigenvalue weighted by molar-refractivity contribution is -0.0816. The van der Waals surface area contributed by atoms with Gasteiger partial charge in [-0.1, -0.05) is 16.2 Å². The molecule has 0 aliphatic rings. The number of rotatable bonds is 6. The fourth-order valence-electron chi connectivity index (χ4n) is 2.78. The maximum Gasteiger partial charge on any atom is 0.164 e. The molecule has 0 aliphatic heterocycles. The monoisotopic (exact) mass is 426 g/mol. The van der Waals surface area contributed by atoms with Gasteiger partial charge in [0.25, 0.3) is 0 Å². The number of nitrogens with zero attached hydrogens (tertiary/aromatic N) is 2. The number of aromatic nitrogens is 3. The highest BCUT2D eigenvalue weighted by atomic mass is 32.2. The van der Waals surface area contributed by atoms with E-state index in [0.29, 0.717) is 27.6 Å². The summed E-state index contributed by atoms with van der Waals surface area (Å²) < 4.78 is 27.8. The molecule has 0 radical (unpaired) electrons. The van der Waals surface area contributed by atoms with Crippen LogP contribution in [0.5, 0.6) is 0 Å². The van der Waals surface area contributed by atoms with Crippen LogP contribution in [0.1, 0.15) is 13.8 Å². The smallest absolute Gasteiger partial charge is 0.164 e. The Morgan fingerprint density at radius 1 is 1.21 bits per heavy atom. The summed E-state index contributed by atoms with van der Waals surface area (Å²) in [7, 11) is 2.57. The summed E-state index contributed by atoms with van der Waals surface area (Å²) in [6, 6.07) is 1.76. The summed E-state index contributed by atoms with van der Waals surface area (Å²) in [6.45, 7) is 3.51. The number of aliphatic hydroxyl groups excluding tert-OH is 1. The molecule has 0 bridgehead atoms. The lowest BCUT2D eigenvalue weighted by Crippen LogP contribution is -2.34. The zero-order valence-corrected chi connectivity index (χ0v) is 17.5. The first kappa shape index (κ1) is 20.9. The SMILES string of the molecule is CSc1nc(-c2c[nH]c3c(F)cc(F)cc23)nc(NC(C)C(C)C(O)O)c1P. The van der Waals surface area contributed by atoms with Crippen molar-refractivity contribution in [3.05, 3.63) is 30.0 Å². The van der Waals surface area contributed by atoms with Crippen LogP contribution < -0.4 is 10.6 Å². The molecular formula is C18H21F2N4O2PS. The molecule has 3 aromatic rings. The van der Waals surface area contributed by atoms with Gasteiger partial charge in [-0.2, -0.15) is 0 Å². The number of nitrogens with one attached hydrogen (secondary N) is 2. The molecule has 0 saturated heterocycles. The van der Waals surface area contributed by atoms with Gasteiger partial charge in [-0.05, 0) is 19.2 Å². The molecule has 0 aliphatic carbocycles. The van der Waals surface area contributed by atoms with E-state index in [9.17, 15) is 19.0 Å². The largest absolute Gasteiger partial charge is 0.368 e. The van der Waals surface area contributed by atoms with Crippen LogP contribution >= 0.6 is 21.0 Å². The first-order chi connectivity index (χ1) is 13.2. The minimum atomic E-state index is -1.48. The summed E-state index contributed by atoms with van der Waals surface area (Å²) >= 11 is 1.41. The van der Waals surface area contributed by atoms with Gasteiger partial charge in [-0.3, -0.25) is 0 Å².